The number of aromatic nitrogens is 2. The maximum Gasteiger partial charge on any atom is 0.312 e. The fraction of sp³-hybridized carbons (Fsp3) is 0.0357. The minimum atomic E-state index is -0.550. The van der Waals surface area contributed by atoms with Crippen LogP contribution in [-0.2, 0) is 6.61 Å². The van der Waals surface area contributed by atoms with Crippen molar-refractivity contribution >= 4 is 61.9 Å². The van der Waals surface area contributed by atoms with Crippen LogP contribution in [0, 0.1) is 10.1 Å². The molecule has 0 aliphatic carbocycles. The number of nitro benzene ring substituents is 1. The van der Waals surface area contributed by atoms with Crippen LogP contribution in [0.1, 0.15) is 11.1 Å². The molecular formula is C28H17BrCl2N4O4. The molecule has 1 heterocycles. The van der Waals surface area contributed by atoms with Crippen LogP contribution in [0.3, 0.4) is 0 Å². The molecule has 0 spiro atoms. The Morgan fingerprint density at radius 2 is 1.74 bits per heavy atom. The summed E-state index contributed by atoms with van der Waals surface area (Å²) in [5.74, 6) is 0.378. The summed E-state index contributed by atoms with van der Waals surface area (Å²) in [5, 5.41) is 17.4. The highest BCUT2D eigenvalue weighted by Crippen LogP contribution is 2.37. The summed E-state index contributed by atoms with van der Waals surface area (Å²) in [6, 6.07) is 24.1. The Balaban J connectivity index is 1.53. The molecule has 0 N–H and O–H groups in total. The van der Waals surface area contributed by atoms with E-state index in [1.165, 1.54) is 17.0 Å². The lowest BCUT2D eigenvalue weighted by Crippen LogP contribution is -2.20. The lowest BCUT2D eigenvalue weighted by molar-refractivity contribution is -0.386. The van der Waals surface area contributed by atoms with Gasteiger partial charge in [0.25, 0.3) is 5.56 Å². The molecule has 0 saturated carbocycles. The van der Waals surface area contributed by atoms with Gasteiger partial charge < -0.3 is 4.74 Å². The Morgan fingerprint density at radius 3 is 2.49 bits per heavy atom. The monoisotopic (exact) mass is 622 g/mol. The SMILES string of the molecule is O=c1c2ccccc2nc(-c2ccccc2)n1N=Cc1cc(Br)c(OCc2ccc(Cl)c(Cl)c2)c([N+](=O)[O-])c1. The van der Waals surface area contributed by atoms with E-state index in [1.54, 1.807) is 48.5 Å². The highest BCUT2D eigenvalue weighted by atomic mass is 79.9. The van der Waals surface area contributed by atoms with E-state index in [2.05, 4.69) is 26.0 Å². The molecule has 4 aromatic carbocycles. The Hall–Kier alpha value is -4.05. The Labute approximate surface area is 240 Å². The average Bonchev–Trinajstić information content (AvgIpc) is 2.94. The summed E-state index contributed by atoms with van der Waals surface area (Å²) >= 11 is 15.4. The number of hydrogen-bond acceptors (Lipinski definition) is 6. The predicted octanol–water partition coefficient (Wildman–Crippen LogP) is 7.50. The highest BCUT2D eigenvalue weighted by molar-refractivity contribution is 9.10. The topological polar surface area (TPSA) is 99.6 Å². The van der Waals surface area contributed by atoms with Gasteiger partial charge in [-0.25, -0.2) is 4.98 Å². The molecular weight excluding hydrogens is 607 g/mol. The minimum absolute atomic E-state index is 0.0301. The van der Waals surface area contributed by atoms with Crippen molar-refractivity contribution in [2.24, 2.45) is 5.10 Å². The van der Waals surface area contributed by atoms with Gasteiger partial charge in [0, 0.05) is 17.2 Å². The number of nitrogens with zero attached hydrogens (tertiary/aromatic N) is 4. The molecule has 1 aromatic heterocycles. The van der Waals surface area contributed by atoms with Gasteiger partial charge in [-0.1, -0.05) is 71.7 Å². The summed E-state index contributed by atoms with van der Waals surface area (Å²) < 4.78 is 7.30. The quantitative estimate of drug-likeness (QED) is 0.106. The summed E-state index contributed by atoms with van der Waals surface area (Å²) in [4.78, 5) is 29.4. The minimum Gasteiger partial charge on any atom is -0.481 e. The molecule has 0 aliphatic heterocycles. The number of ether oxygens (including phenoxy) is 1. The van der Waals surface area contributed by atoms with Crippen LogP contribution in [-0.4, -0.2) is 20.8 Å². The van der Waals surface area contributed by atoms with Crippen molar-refractivity contribution in [3.8, 4) is 17.1 Å². The highest BCUT2D eigenvalue weighted by Gasteiger charge is 2.21. The van der Waals surface area contributed by atoms with Crippen LogP contribution >= 0.6 is 39.1 Å². The van der Waals surface area contributed by atoms with E-state index in [0.29, 0.717) is 47.9 Å². The number of para-hydroxylation sites is 1. The number of nitro groups is 1. The van der Waals surface area contributed by atoms with Gasteiger partial charge in [-0.3, -0.25) is 14.9 Å². The van der Waals surface area contributed by atoms with E-state index in [-0.39, 0.29) is 23.6 Å². The molecule has 0 radical (unpaired) electrons. The van der Waals surface area contributed by atoms with Crippen LogP contribution in [0.25, 0.3) is 22.3 Å². The molecule has 0 aliphatic rings. The molecule has 0 saturated heterocycles. The molecule has 39 heavy (non-hydrogen) atoms. The fourth-order valence-electron chi connectivity index (χ4n) is 3.87. The summed E-state index contributed by atoms with van der Waals surface area (Å²) in [6.45, 7) is 0.0301. The zero-order chi connectivity index (χ0) is 27.5. The van der Waals surface area contributed by atoms with Crippen LogP contribution in [0.4, 0.5) is 5.69 Å². The third-order valence-electron chi connectivity index (χ3n) is 5.72. The molecule has 0 atom stereocenters. The molecule has 0 bridgehead atoms. The van der Waals surface area contributed by atoms with E-state index in [0.717, 1.165) is 0 Å². The van der Waals surface area contributed by atoms with Crippen LogP contribution < -0.4 is 10.3 Å². The molecule has 0 fully saturated rings. The van der Waals surface area contributed by atoms with Crippen molar-refractivity contribution in [1.82, 2.24) is 9.66 Å². The Bertz CT molecular complexity index is 1810. The first-order valence-electron chi connectivity index (χ1n) is 11.5. The molecule has 11 heteroatoms. The third-order valence-corrected chi connectivity index (χ3v) is 7.05. The van der Waals surface area contributed by atoms with Crippen LogP contribution in [0.5, 0.6) is 5.75 Å². The summed E-state index contributed by atoms with van der Waals surface area (Å²) in [5.41, 5.74) is 1.64. The molecule has 0 unspecified atom stereocenters. The number of hydrogen-bond donors (Lipinski definition) is 0. The maximum atomic E-state index is 13.4. The van der Waals surface area contributed by atoms with Crippen molar-refractivity contribution in [3.05, 3.63) is 131 Å². The Morgan fingerprint density at radius 1 is 1.00 bits per heavy atom. The first kappa shape index (κ1) is 26.6. The molecule has 5 aromatic rings. The normalized spacial score (nSPS) is 11.3. The van der Waals surface area contributed by atoms with Crippen molar-refractivity contribution in [3.63, 3.8) is 0 Å². The fourth-order valence-corrected chi connectivity index (χ4v) is 4.77. The van der Waals surface area contributed by atoms with Gasteiger partial charge >= 0.3 is 5.69 Å². The van der Waals surface area contributed by atoms with Crippen molar-refractivity contribution < 1.29 is 9.66 Å². The molecule has 8 nitrogen and oxygen atoms in total. The van der Waals surface area contributed by atoms with Crippen LogP contribution in [0.2, 0.25) is 10.0 Å². The Kier molecular flexibility index (Phi) is 7.74. The zero-order valence-electron chi connectivity index (χ0n) is 19.9. The maximum absolute atomic E-state index is 13.4. The van der Waals surface area contributed by atoms with Crippen molar-refractivity contribution in [1.29, 1.82) is 0 Å². The van der Waals surface area contributed by atoms with Gasteiger partial charge in [-0.05, 0) is 51.8 Å². The standard InChI is InChI=1S/C28H17BrCl2N4O4/c29-21-12-18(14-25(35(37)38)26(21)39-16-17-10-11-22(30)23(31)13-17)15-32-34-27(19-6-2-1-3-7-19)33-24-9-5-4-8-20(24)28(34)36/h1-15H,16H2. The average molecular weight is 624 g/mol. The van der Waals surface area contributed by atoms with Gasteiger partial charge in [0.2, 0.25) is 5.75 Å². The predicted molar refractivity (Wildman–Crippen MR) is 156 cm³/mol. The van der Waals surface area contributed by atoms with E-state index in [9.17, 15) is 14.9 Å². The smallest absolute Gasteiger partial charge is 0.312 e. The van der Waals surface area contributed by atoms with Gasteiger partial charge in [0.05, 0.1) is 36.6 Å². The number of rotatable bonds is 7. The molecule has 194 valence electrons. The van der Waals surface area contributed by atoms with Crippen molar-refractivity contribution in [2.75, 3.05) is 0 Å². The molecule has 0 amide bonds. The van der Waals surface area contributed by atoms with E-state index in [4.69, 9.17) is 27.9 Å². The van der Waals surface area contributed by atoms with Gasteiger partial charge in [0.15, 0.2) is 5.82 Å². The first-order valence-corrected chi connectivity index (χ1v) is 13.0. The van der Waals surface area contributed by atoms with Crippen molar-refractivity contribution in [2.45, 2.75) is 6.61 Å². The second-order valence-electron chi connectivity index (χ2n) is 8.33. The summed E-state index contributed by atoms with van der Waals surface area (Å²) in [7, 11) is 0. The zero-order valence-corrected chi connectivity index (χ0v) is 23.0. The second kappa shape index (κ2) is 11.4. The van der Waals surface area contributed by atoms with Crippen LogP contribution in [0.15, 0.2) is 99.3 Å². The van der Waals surface area contributed by atoms with E-state index >= 15 is 0 Å². The largest absolute Gasteiger partial charge is 0.481 e. The third kappa shape index (κ3) is 5.70. The van der Waals surface area contributed by atoms with Gasteiger partial charge in [0.1, 0.15) is 6.61 Å². The lowest BCUT2D eigenvalue weighted by Gasteiger charge is -2.11. The van der Waals surface area contributed by atoms with Gasteiger partial charge in [-0.15, -0.1) is 0 Å². The summed E-state index contributed by atoms with van der Waals surface area (Å²) in [6.07, 6.45) is 1.37. The number of halogens is 3. The lowest BCUT2D eigenvalue weighted by atomic mass is 10.2. The van der Waals surface area contributed by atoms with E-state index in [1.807, 2.05) is 30.3 Å². The first-order chi connectivity index (χ1) is 18.8. The van der Waals surface area contributed by atoms with Gasteiger partial charge in [-0.2, -0.15) is 9.78 Å². The molecule has 5 rings (SSSR count). The van der Waals surface area contributed by atoms with E-state index < -0.39 is 4.92 Å². The number of benzene rings is 4. The second-order valence-corrected chi connectivity index (χ2v) is 9.99. The number of fused-ring (bicyclic) bond motifs is 1.